The zero-order valence-corrected chi connectivity index (χ0v) is 15.9. The first-order chi connectivity index (χ1) is 11.9. The van der Waals surface area contributed by atoms with E-state index in [-0.39, 0.29) is 54.6 Å². The zero-order chi connectivity index (χ0) is 18.4. The average Bonchev–Trinajstić information content (AvgIpc) is 3.12. The number of benzene rings is 1. The van der Waals surface area contributed by atoms with Crippen molar-refractivity contribution < 1.29 is 18.7 Å². The number of amides is 2. The van der Waals surface area contributed by atoms with Crippen molar-refractivity contribution in [3.63, 3.8) is 0 Å². The van der Waals surface area contributed by atoms with E-state index in [9.17, 15) is 14.0 Å². The van der Waals surface area contributed by atoms with Gasteiger partial charge in [-0.15, -0.1) is 12.4 Å². The molecular weight excluding hydrogens is 361 g/mol. The summed E-state index contributed by atoms with van der Waals surface area (Å²) in [6, 6.07) is 4.94. The number of nitrogens with one attached hydrogen (secondary N) is 2. The van der Waals surface area contributed by atoms with Crippen LogP contribution in [-0.2, 0) is 14.3 Å². The third-order valence-corrected chi connectivity index (χ3v) is 4.33. The molecule has 2 unspecified atom stereocenters. The molecule has 8 heteroatoms. The van der Waals surface area contributed by atoms with E-state index >= 15 is 0 Å². The smallest absolute Gasteiger partial charge is 0.239 e. The predicted molar refractivity (Wildman–Crippen MR) is 99.3 cm³/mol. The van der Waals surface area contributed by atoms with Crippen LogP contribution in [0.15, 0.2) is 24.3 Å². The molecular formula is C18H27ClFN3O3. The van der Waals surface area contributed by atoms with Crippen molar-refractivity contribution in [2.75, 3.05) is 13.2 Å². The van der Waals surface area contributed by atoms with Gasteiger partial charge in [0.15, 0.2) is 0 Å². The molecule has 0 spiro atoms. The SMILES string of the molecule is CC(C)[C@H](N)C(=O)NCC(=O)NC(c1ccc(F)cc1)C1CCCO1.Cl. The fourth-order valence-corrected chi connectivity index (χ4v) is 2.74. The van der Waals surface area contributed by atoms with Crippen molar-refractivity contribution in [3.8, 4) is 0 Å². The fraction of sp³-hybridized carbons (Fsp3) is 0.556. The maximum atomic E-state index is 13.2. The molecule has 0 aliphatic carbocycles. The molecule has 3 atom stereocenters. The van der Waals surface area contributed by atoms with Gasteiger partial charge in [-0.25, -0.2) is 4.39 Å². The maximum absolute atomic E-state index is 13.2. The molecule has 0 aromatic heterocycles. The van der Waals surface area contributed by atoms with Crippen LogP contribution in [0.1, 0.15) is 38.3 Å². The molecule has 1 aliphatic rings. The lowest BCUT2D eigenvalue weighted by Crippen LogP contribution is -2.48. The van der Waals surface area contributed by atoms with Crippen molar-refractivity contribution in [3.05, 3.63) is 35.6 Å². The summed E-state index contributed by atoms with van der Waals surface area (Å²) in [5.74, 6) is -1.05. The number of hydrogen-bond acceptors (Lipinski definition) is 4. The molecule has 0 saturated carbocycles. The van der Waals surface area contributed by atoms with Gasteiger partial charge >= 0.3 is 0 Å². The van der Waals surface area contributed by atoms with E-state index in [1.807, 2.05) is 13.8 Å². The topological polar surface area (TPSA) is 93.5 Å². The highest BCUT2D eigenvalue weighted by Gasteiger charge is 2.29. The summed E-state index contributed by atoms with van der Waals surface area (Å²) in [5.41, 5.74) is 6.52. The normalized spacial score (nSPS) is 18.7. The summed E-state index contributed by atoms with van der Waals surface area (Å²) in [7, 11) is 0. The molecule has 0 bridgehead atoms. The second-order valence-corrected chi connectivity index (χ2v) is 6.64. The molecule has 1 heterocycles. The maximum Gasteiger partial charge on any atom is 0.239 e. The molecule has 6 nitrogen and oxygen atoms in total. The van der Waals surface area contributed by atoms with Crippen molar-refractivity contribution in [2.24, 2.45) is 11.7 Å². The highest BCUT2D eigenvalue weighted by molar-refractivity contribution is 5.87. The quantitative estimate of drug-likeness (QED) is 0.663. The van der Waals surface area contributed by atoms with E-state index in [2.05, 4.69) is 10.6 Å². The number of carbonyl (C=O) groups is 2. The predicted octanol–water partition coefficient (Wildman–Crippen LogP) is 1.68. The minimum Gasteiger partial charge on any atom is -0.376 e. The highest BCUT2D eigenvalue weighted by atomic mass is 35.5. The van der Waals surface area contributed by atoms with Crippen LogP contribution in [0.25, 0.3) is 0 Å². The van der Waals surface area contributed by atoms with Gasteiger partial charge < -0.3 is 21.1 Å². The molecule has 1 aliphatic heterocycles. The minimum absolute atomic E-state index is 0. The van der Waals surface area contributed by atoms with E-state index in [1.54, 1.807) is 12.1 Å². The van der Waals surface area contributed by atoms with Gasteiger partial charge in [-0.3, -0.25) is 9.59 Å². The minimum atomic E-state index is -0.654. The third-order valence-electron chi connectivity index (χ3n) is 4.33. The molecule has 1 aromatic carbocycles. The van der Waals surface area contributed by atoms with E-state index in [0.717, 1.165) is 18.4 Å². The largest absolute Gasteiger partial charge is 0.376 e. The van der Waals surface area contributed by atoms with Gasteiger partial charge in [0, 0.05) is 6.61 Å². The zero-order valence-electron chi connectivity index (χ0n) is 15.0. The van der Waals surface area contributed by atoms with Crippen LogP contribution in [0.4, 0.5) is 4.39 Å². The Morgan fingerprint density at radius 2 is 1.96 bits per heavy atom. The molecule has 4 N–H and O–H groups in total. The first-order valence-electron chi connectivity index (χ1n) is 8.58. The van der Waals surface area contributed by atoms with Crippen molar-refractivity contribution in [2.45, 2.75) is 44.9 Å². The number of ether oxygens (including phenoxy) is 1. The lowest BCUT2D eigenvalue weighted by Gasteiger charge is -2.25. The number of carbonyl (C=O) groups excluding carboxylic acids is 2. The Balaban J connectivity index is 0.00000338. The molecule has 146 valence electrons. The van der Waals surface area contributed by atoms with Gasteiger partial charge in [0.2, 0.25) is 11.8 Å². The van der Waals surface area contributed by atoms with Gasteiger partial charge in [0.05, 0.1) is 24.7 Å². The summed E-state index contributed by atoms with van der Waals surface area (Å²) in [6.45, 7) is 4.15. The Morgan fingerprint density at radius 1 is 1.31 bits per heavy atom. The van der Waals surface area contributed by atoms with E-state index in [1.165, 1.54) is 12.1 Å². The molecule has 1 aromatic rings. The van der Waals surface area contributed by atoms with E-state index in [0.29, 0.717) is 6.61 Å². The lowest BCUT2D eigenvalue weighted by molar-refractivity contribution is -0.128. The lowest BCUT2D eigenvalue weighted by atomic mass is 9.99. The highest BCUT2D eigenvalue weighted by Crippen LogP contribution is 2.27. The van der Waals surface area contributed by atoms with Gasteiger partial charge in [-0.1, -0.05) is 26.0 Å². The summed E-state index contributed by atoms with van der Waals surface area (Å²) in [4.78, 5) is 24.1. The van der Waals surface area contributed by atoms with Crippen LogP contribution < -0.4 is 16.4 Å². The third kappa shape index (κ3) is 6.23. The first kappa shape index (κ1) is 22.3. The van der Waals surface area contributed by atoms with Crippen LogP contribution in [0.5, 0.6) is 0 Å². The van der Waals surface area contributed by atoms with Crippen LogP contribution in [0, 0.1) is 11.7 Å². The van der Waals surface area contributed by atoms with Crippen LogP contribution in [0.3, 0.4) is 0 Å². The van der Waals surface area contributed by atoms with E-state index in [4.69, 9.17) is 10.5 Å². The Hall–Kier alpha value is -1.70. The van der Waals surface area contributed by atoms with Gasteiger partial charge in [-0.05, 0) is 36.5 Å². The monoisotopic (exact) mass is 387 g/mol. The average molecular weight is 388 g/mol. The molecule has 1 saturated heterocycles. The summed E-state index contributed by atoms with van der Waals surface area (Å²) < 4.78 is 18.8. The Kier molecular flexibility index (Phi) is 8.98. The molecule has 1 fully saturated rings. The van der Waals surface area contributed by atoms with Crippen LogP contribution >= 0.6 is 12.4 Å². The fourth-order valence-electron chi connectivity index (χ4n) is 2.74. The number of nitrogens with two attached hydrogens (primary N) is 1. The summed E-state index contributed by atoms with van der Waals surface area (Å²) in [5, 5.41) is 5.42. The van der Waals surface area contributed by atoms with Gasteiger partial charge in [-0.2, -0.15) is 0 Å². The van der Waals surface area contributed by atoms with Crippen molar-refractivity contribution >= 4 is 24.2 Å². The second kappa shape index (κ2) is 10.4. The van der Waals surface area contributed by atoms with Gasteiger partial charge in [0.1, 0.15) is 5.82 Å². The second-order valence-electron chi connectivity index (χ2n) is 6.64. The number of rotatable bonds is 7. The summed E-state index contributed by atoms with van der Waals surface area (Å²) in [6.07, 6.45) is 1.56. The van der Waals surface area contributed by atoms with Crippen molar-refractivity contribution in [1.82, 2.24) is 10.6 Å². The van der Waals surface area contributed by atoms with Crippen LogP contribution in [0.2, 0.25) is 0 Å². The Labute approximate surface area is 159 Å². The molecule has 26 heavy (non-hydrogen) atoms. The van der Waals surface area contributed by atoms with Crippen molar-refractivity contribution in [1.29, 1.82) is 0 Å². The standard InChI is InChI=1S/C18H26FN3O3.ClH/c1-11(2)16(20)18(24)21-10-15(23)22-17(14-4-3-9-25-14)12-5-7-13(19)8-6-12;/h5-8,11,14,16-17H,3-4,9-10,20H2,1-2H3,(H,21,24)(H,22,23);1H/t14?,16-,17?;/m0./s1. The molecule has 2 amide bonds. The van der Waals surface area contributed by atoms with Gasteiger partial charge in [0.25, 0.3) is 0 Å². The summed E-state index contributed by atoms with van der Waals surface area (Å²) >= 11 is 0. The molecule has 2 rings (SSSR count). The number of halogens is 2. The number of hydrogen-bond donors (Lipinski definition) is 3. The molecule has 0 radical (unpaired) electrons. The first-order valence-corrected chi connectivity index (χ1v) is 8.58. The Bertz CT molecular complexity index is 592. The van der Waals surface area contributed by atoms with Crippen LogP contribution in [-0.4, -0.2) is 37.1 Å². The van der Waals surface area contributed by atoms with E-state index < -0.39 is 6.04 Å². The Morgan fingerprint density at radius 3 is 2.50 bits per heavy atom.